The van der Waals surface area contributed by atoms with E-state index in [0.29, 0.717) is 18.4 Å². The topological polar surface area (TPSA) is 44.7 Å². The zero-order chi connectivity index (χ0) is 16.4. The minimum absolute atomic E-state index is 0.172. The van der Waals surface area contributed by atoms with E-state index < -0.39 is 11.2 Å². The summed E-state index contributed by atoms with van der Waals surface area (Å²) in [6.45, 7) is 6.89. The lowest BCUT2D eigenvalue weighted by molar-refractivity contribution is 0.291. The average molecular weight is 327 g/mol. The smallest absolute Gasteiger partial charge is 0.221 e. The van der Waals surface area contributed by atoms with Crippen LogP contribution in [0.5, 0.6) is 0 Å². The first-order chi connectivity index (χ1) is 11.1. The molecule has 2 atom stereocenters. The lowest BCUT2D eigenvalue weighted by Crippen LogP contribution is -2.13. The van der Waals surface area contributed by atoms with Crippen LogP contribution in [0, 0.1) is 12.8 Å². The Kier molecular flexibility index (Phi) is 4.74. The van der Waals surface area contributed by atoms with Crippen LogP contribution in [0.4, 0.5) is 0 Å². The maximum Gasteiger partial charge on any atom is 0.221 e. The Labute approximate surface area is 140 Å². The summed E-state index contributed by atoms with van der Waals surface area (Å²) in [5.74, 6) is 1.04. The van der Waals surface area contributed by atoms with Crippen molar-refractivity contribution < 1.29 is 9.29 Å². The molecule has 0 bridgehead atoms. The van der Waals surface area contributed by atoms with Crippen LogP contribution in [0.1, 0.15) is 25.0 Å². The summed E-state index contributed by atoms with van der Waals surface area (Å²) < 4.78 is 18.7. The van der Waals surface area contributed by atoms with E-state index in [0.717, 1.165) is 20.9 Å². The first kappa shape index (κ1) is 16.1. The van der Waals surface area contributed by atoms with Crippen molar-refractivity contribution in [1.82, 2.24) is 0 Å². The van der Waals surface area contributed by atoms with Gasteiger partial charge >= 0.3 is 0 Å². The zero-order valence-corrected chi connectivity index (χ0v) is 14.5. The Bertz CT molecular complexity index is 710. The molecule has 2 aromatic rings. The summed E-state index contributed by atoms with van der Waals surface area (Å²) >= 11 is -1.25. The Morgan fingerprint density at radius 2 is 1.83 bits per heavy atom. The van der Waals surface area contributed by atoms with Crippen molar-refractivity contribution in [3.63, 3.8) is 0 Å². The number of rotatable bonds is 4. The maximum atomic E-state index is 13.0. The van der Waals surface area contributed by atoms with E-state index in [4.69, 9.17) is 4.74 Å². The summed E-state index contributed by atoms with van der Waals surface area (Å²) in [7, 11) is 0. The van der Waals surface area contributed by atoms with E-state index in [1.54, 1.807) is 0 Å². The number of aliphatic imine (C=N–C) groups is 1. The first-order valence-corrected chi connectivity index (χ1v) is 8.99. The highest BCUT2D eigenvalue weighted by Gasteiger charge is 2.28. The molecule has 0 saturated carbocycles. The molecule has 0 aromatic heterocycles. The Balaban J connectivity index is 1.95. The van der Waals surface area contributed by atoms with E-state index in [-0.39, 0.29) is 6.04 Å². The second kappa shape index (κ2) is 6.77. The first-order valence-electron chi connectivity index (χ1n) is 7.84. The molecule has 2 aromatic carbocycles. The molecular weight excluding hydrogens is 306 g/mol. The zero-order valence-electron chi connectivity index (χ0n) is 13.7. The minimum Gasteiger partial charge on any atom is -0.606 e. The second-order valence-corrected chi connectivity index (χ2v) is 7.58. The summed E-state index contributed by atoms with van der Waals surface area (Å²) in [6, 6.07) is 15.6. The SMILES string of the molecule is Cc1ccc([S@@+]([O-])c2ccccc2C2=N[C@@H](C(C)C)CO2)cc1. The van der Waals surface area contributed by atoms with Gasteiger partial charge in [0.05, 0.1) is 11.6 Å². The number of nitrogens with zero attached hydrogens (tertiary/aromatic N) is 1. The van der Waals surface area contributed by atoms with Crippen molar-refractivity contribution in [1.29, 1.82) is 0 Å². The van der Waals surface area contributed by atoms with Crippen LogP contribution in [0.15, 0.2) is 63.3 Å². The molecule has 4 heteroatoms. The van der Waals surface area contributed by atoms with Gasteiger partial charge in [0.2, 0.25) is 5.90 Å². The number of ether oxygens (including phenoxy) is 1. The van der Waals surface area contributed by atoms with Crippen molar-refractivity contribution >= 4 is 17.1 Å². The molecular formula is C19H21NO2S. The van der Waals surface area contributed by atoms with Crippen molar-refractivity contribution in [3.05, 3.63) is 59.7 Å². The third-order valence-electron chi connectivity index (χ3n) is 4.00. The van der Waals surface area contributed by atoms with E-state index >= 15 is 0 Å². The van der Waals surface area contributed by atoms with Crippen LogP contribution in [-0.2, 0) is 15.9 Å². The summed E-state index contributed by atoms with van der Waals surface area (Å²) in [6.07, 6.45) is 0. The molecule has 0 aliphatic carbocycles. The third-order valence-corrected chi connectivity index (χ3v) is 5.45. The van der Waals surface area contributed by atoms with Crippen molar-refractivity contribution in [2.45, 2.75) is 36.6 Å². The molecule has 1 heterocycles. The largest absolute Gasteiger partial charge is 0.606 e. The standard InChI is InChI=1S/C19H21NO2S/c1-13(2)17-12-22-19(20-17)16-6-4-5-7-18(16)23(21)15-10-8-14(3)9-11-15/h4-11,13,17H,12H2,1-3H3/t17-,23-/m1/s1. The van der Waals surface area contributed by atoms with Crippen LogP contribution >= 0.6 is 0 Å². The second-order valence-electron chi connectivity index (χ2n) is 6.13. The maximum absolute atomic E-state index is 13.0. The van der Waals surface area contributed by atoms with Crippen LogP contribution in [0.25, 0.3) is 0 Å². The van der Waals surface area contributed by atoms with Crippen molar-refractivity contribution in [3.8, 4) is 0 Å². The number of aryl methyl sites for hydroxylation is 1. The molecule has 1 aliphatic heterocycles. The Morgan fingerprint density at radius 1 is 1.13 bits per heavy atom. The van der Waals surface area contributed by atoms with E-state index in [2.05, 4.69) is 18.8 Å². The monoisotopic (exact) mass is 327 g/mol. The number of hydrogen-bond donors (Lipinski definition) is 0. The van der Waals surface area contributed by atoms with Gasteiger partial charge in [-0.25, -0.2) is 4.99 Å². The fourth-order valence-electron chi connectivity index (χ4n) is 2.47. The molecule has 0 spiro atoms. The quantitative estimate of drug-likeness (QED) is 0.798. The van der Waals surface area contributed by atoms with E-state index in [1.807, 2.05) is 55.5 Å². The molecule has 3 nitrogen and oxygen atoms in total. The Morgan fingerprint density at radius 3 is 2.48 bits per heavy atom. The van der Waals surface area contributed by atoms with Gasteiger partial charge in [-0.1, -0.05) is 43.7 Å². The number of hydrogen-bond acceptors (Lipinski definition) is 3. The fourth-order valence-corrected chi connectivity index (χ4v) is 3.67. The fraction of sp³-hybridized carbons (Fsp3) is 0.316. The van der Waals surface area contributed by atoms with Gasteiger partial charge in [-0.3, -0.25) is 0 Å². The molecule has 0 unspecified atom stereocenters. The highest BCUT2D eigenvalue weighted by molar-refractivity contribution is 7.91. The van der Waals surface area contributed by atoms with E-state index in [1.165, 1.54) is 0 Å². The Hall–Kier alpha value is -1.78. The highest BCUT2D eigenvalue weighted by atomic mass is 32.2. The molecule has 23 heavy (non-hydrogen) atoms. The lowest BCUT2D eigenvalue weighted by atomic mass is 10.1. The van der Waals surface area contributed by atoms with Gasteiger partial charge in [0.15, 0.2) is 9.79 Å². The van der Waals surface area contributed by atoms with Gasteiger partial charge in [0, 0.05) is 11.2 Å². The summed E-state index contributed by atoms with van der Waals surface area (Å²) in [5, 5.41) is 0. The van der Waals surface area contributed by atoms with Crippen molar-refractivity contribution in [2.75, 3.05) is 6.61 Å². The van der Waals surface area contributed by atoms with Crippen LogP contribution in [0.2, 0.25) is 0 Å². The van der Waals surface area contributed by atoms with E-state index in [9.17, 15) is 4.55 Å². The predicted octanol–water partition coefficient (Wildman–Crippen LogP) is 3.96. The van der Waals surface area contributed by atoms with Crippen LogP contribution in [-0.4, -0.2) is 23.1 Å². The van der Waals surface area contributed by atoms with Gasteiger partial charge in [0.25, 0.3) is 0 Å². The summed E-state index contributed by atoms with van der Waals surface area (Å²) in [4.78, 5) is 6.21. The van der Waals surface area contributed by atoms with Gasteiger partial charge in [0.1, 0.15) is 6.61 Å². The van der Waals surface area contributed by atoms with Crippen LogP contribution in [0.3, 0.4) is 0 Å². The van der Waals surface area contributed by atoms with Gasteiger partial charge in [-0.2, -0.15) is 0 Å². The molecule has 0 amide bonds. The van der Waals surface area contributed by atoms with Crippen LogP contribution < -0.4 is 0 Å². The molecule has 0 saturated heterocycles. The molecule has 1 aliphatic rings. The summed E-state index contributed by atoms with van der Waals surface area (Å²) in [5.41, 5.74) is 1.98. The minimum atomic E-state index is -1.25. The third kappa shape index (κ3) is 3.43. The highest BCUT2D eigenvalue weighted by Crippen LogP contribution is 2.27. The molecule has 0 N–H and O–H groups in total. The normalized spacial score (nSPS) is 18.7. The molecule has 3 rings (SSSR count). The van der Waals surface area contributed by atoms with Gasteiger partial charge < -0.3 is 9.29 Å². The molecule has 0 fully saturated rings. The predicted molar refractivity (Wildman–Crippen MR) is 93.4 cm³/mol. The lowest BCUT2D eigenvalue weighted by Gasteiger charge is -2.13. The molecule has 0 radical (unpaired) electrons. The average Bonchev–Trinajstić information content (AvgIpc) is 3.05. The molecule has 120 valence electrons. The van der Waals surface area contributed by atoms with Crippen molar-refractivity contribution in [2.24, 2.45) is 10.9 Å². The van der Waals surface area contributed by atoms with Gasteiger partial charge in [-0.05, 0) is 37.1 Å². The van der Waals surface area contributed by atoms with Gasteiger partial charge in [-0.15, -0.1) is 0 Å². The number of benzene rings is 2.